The first-order valence-electron chi connectivity index (χ1n) is 16.7. The molecule has 5 heteroatoms. The predicted octanol–water partition coefficient (Wildman–Crippen LogP) is 11.5. The molecular weight excluding hydrogens is 613 g/mol. The van der Waals surface area contributed by atoms with Crippen LogP contribution >= 0.6 is 0 Å². The van der Waals surface area contributed by atoms with Crippen LogP contribution in [-0.2, 0) is 0 Å². The van der Waals surface area contributed by atoms with Crippen molar-refractivity contribution in [3.05, 3.63) is 170 Å². The molecule has 7 aromatic carbocycles. The maximum absolute atomic E-state index is 6.49. The molecule has 0 amide bonds. The summed E-state index contributed by atoms with van der Waals surface area (Å²) in [5.74, 6) is 1.74. The topological polar surface area (TPSA) is 56.7 Å². The first kappa shape index (κ1) is 28.2. The van der Waals surface area contributed by atoms with Crippen LogP contribution in [0.2, 0.25) is 0 Å². The molecule has 0 saturated heterocycles. The van der Waals surface area contributed by atoms with Crippen molar-refractivity contribution < 1.29 is 4.42 Å². The highest BCUT2D eigenvalue weighted by atomic mass is 16.3. The number of aromatic nitrogens is 4. The minimum Gasteiger partial charge on any atom is -0.456 e. The minimum absolute atomic E-state index is 0.557. The monoisotopic (exact) mass is 640 g/mol. The molecule has 0 unspecified atom stereocenters. The smallest absolute Gasteiger partial charge is 0.238 e. The van der Waals surface area contributed by atoms with Crippen LogP contribution in [0.5, 0.6) is 0 Å². The molecular formula is C45H28N4O. The lowest BCUT2D eigenvalue weighted by molar-refractivity contribution is 0.669. The summed E-state index contributed by atoms with van der Waals surface area (Å²) in [4.78, 5) is 15.6. The Balaban J connectivity index is 1.24. The summed E-state index contributed by atoms with van der Waals surface area (Å²) in [7, 11) is 0. The number of nitrogens with zero attached hydrogens (tertiary/aromatic N) is 4. The van der Waals surface area contributed by atoms with Gasteiger partial charge in [0.25, 0.3) is 0 Å². The molecule has 0 radical (unpaired) electrons. The van der Waals surface area contributed by atoms with Gasteiger partial charge in [0, 0.05) is 32.7 Å². The van der Waals surface area contributed by atoms with Gasteiger partial charge in [0.05, 0.1) is 11.0 Å². The Hall–Kier alpha value is -6.85. The van der Waals surface area contributed by atoms with Crippen molar-refractivity contribution in [1.29, 1.82) is 0 Å². The zero-order chi connectivity index (χ0) is 33.0. The van der Waals surface area contributed by atoms with E-state index in [0.717, 1.165) is 71.6 Å². The van der Waals surface area contributed by atoms with Crippen molar-refractivity contribution in [2.24, 2.45) is 0 Å². The zero-order valence-corrected chi connectivity index (χ0v) is 26.9. The lowest BCUT2D eigenvalue weighted by atomic mass is 9.99. The van der Waals surface area contributed by atoms with Gasteiger partial charge in [-0.3, -0.25) is 4.57 Å². The minimum atomic E-state index is 0.557. The molecule has 0 saturated carbocycles. The first-order valence-corrected chi connectivity index (χ1v) is 16.7. The molecule has 0 N–H and O–H groups in total. The van der Waals surface area contributed by atoms with Gasteiger partial charge in [0.1, 0.15) is 11.2 Å². The summed E-state index contributed by atoms with van der Waals surface area (Å²) in [6.07, 6.45) is 0. The Labute approximate surface area is 287 Å². The van der Waals surface area contributed by atoms with Crippen LogP contribution in [0.4, 0.5) is 0 Å². The van der Waals surface area contributed by atoms with Gasteiger partial charge < -0.3 is 4.42 Å². The lowest BCUT2D eigenvalue weighted by Crippen LogP contribution is -2.06. The summed E-state index contributed by atoms with van der Waals surface area (Å²) >= 11 is 0. The summed E-state index contributed by atoms with van der Waals surface area (Å²) in [6, 6.07) is 58.5. The van der Waals surface area contributed by atoms with Crippen LogP contribution in [0.15, 0.2) is 174 Å². The molecule has 0 bridgehead atoms. The third kappa shape index (κ3) is 4.52. The molecule has 0 atom stereocenters. The van der Waals surface area contributed by atoms with Crippen molar-refractivity contribution in [3.8, 4) is 51.0 Å². The maximum Gasteiger partial charge on any atom is 0.238 e. The third-order valence-corrected chi connectivity index (χ3v) is 9.48. The molecule has 3 heterocycles. The summed E-state index contributed by atoms with van der Waals surface area (Å²) in [5.41, 5.74) is 10.1. The van der Waals surface area contributed by atoms with Gasteiger partial charge in [-0.15, -0.1) is 0 Å². The number of para-hydroxylation sites is 1. The Morgan fingerprint density at radius 2 is 1.02 bits per heavy atom. The Bertz CT molecular complexity index is 2860. The molecule has 3 aromatic heterocycles. The van der Waals surface area contributed by atoms with E-state index >= 15 is 0 Å². The van der Waals surface area contributed by atoms with Gasteiger partial charge in [0.2, 0.25) is 5.95 Å². The number of furan rings is 1. The van der Waals surface area contributed by atoms with Crippen LogP contribution < -0.4 is 0 Å². The molecule has 0 fully saturated rings. The highest BCUT2D eigenvalue weighted by molar-refractivity contribution is 6.16. The van der Waals surface area contributed by atoms with Gasteiger partial charge in [-0.2, -0.15) is 9.97 Å². The van der Waals surface area contributed by atoms with Crippen LogP contribution in [0.3, 0.4) is 0 Å². The summed E-state index contributed by atoms with van der Waals surface area (Å²) in [5, 5.41) is 4.30. The van der Waals surface area contributed by atoms with Crippen molar-refractivity contribution >= 4 is 43.7 Å². The fraction of sp³-hybridized carbons (Fsp3) is 0. The SMILES string of the molecule is c1ccc(-c2ccc3c(c2)oc2cccc(-c4nc(-c5ccccc5)nc(-n5c6ccccc6c6c(-c7ccccc7)cccc65)n4)c23)cc1. The van der Waals surface area contributed by atoms with Crippen molar-refractivity contribution in [2.75, 3.05) is 0 Å². The highest BCUT2D eigenvalue weighted by Crippen LogP contribution is 2.40. The summed E-state index contributed by atoms with van der Waals surface area (Å²) < 4.78 is 8.66. The van der Waals surface area contributed by atoms with Gasteiger partial charge in [-0.1, -0.05) is 140 Å². The van der Waals surface area contributed by atoms with Crippen LogP contribution in [-0.4, -0.2) is 19.5 Å². The van der Waals surface area contributed by atoms with Crippen molar-refractivity contribution in [3.63, 3.8) is 0 Å². The van der Waals surface area contributed by atoms with E-state index in [9.17, 15) is 0 Å². The van der Waals surface area contributed by atoms with E-state index < -0.39 is 0 Å². The van der Waals surface area contributed by atoms with Crippen molar-refractivity contribution in [1.82, 2.24) is 19.5 Å². The first-order chi connectivity index (χ1) is 24.8. The average molecular weight is 641 g/mol. The summed E-state index contributed by atoms with van der Waals surface area (Å²) in [6.45, 7) is 0. The maximum atomic E-state index is 6.49. The van der Waals surface area contributed by atoms with E-state index in [1.807, 2.05) is 48.5 Å². The second kappa shape index (κ2) is 11.4. The molecule has 0 aliphatic rings. The van der Waals surface area contributed by atoms with E-state index in [1.165, 1.54) is 5.56 Å². The molecule has 50 heavy (non-hydrogen) atoms. The average Bonchev–Trinajstić information content (AvgIpc) is 3.74. The fourth-order valence-corrected chi connectivity index (χ4v) is 7.22. The number of hydrogen-bond acceptors (Lipinski definition) is 4. The molecule has 0 aliphatic carbocycles. The van der Waals surface area contributed by atoms with E-state index in [0.29, 0.717) is 17.6 Å². The quantitative estimate of drug-likeness (QED) is 0.188. The van der Waals surface area contributed by atoms with Crippen LogP contribution in [0, 0.1) is 0 Å². The van der Waals surface area contributed by atoms with E-state index in [-0.39, 0.29) is 0 Å². The molecule has 5 nitrogen and oxygen atoms in total. The second-order valence-electron chi connectivity index (χ2n) is 12.4. The number of hydrogen-bond donors (Lipinski definition) is 0. The largest absolute Gasteiger partial charge is 0.456 e. The Kier molecular flexibility index (Phi) is 6.42. The van der Waals surface area contributed by atoms with E-state index in [4.69, 9.17) is 19.4 Å². The lowest BCUT2D eigenvalue weighted by Gasteiger charge is -2.11. The van der Waals surface area contributed by atoms with Crippen molar-refractivity contribution in [2.45, 2.75) is 0 Å². The molecule has 234 valence electrons. The standard InChI is InChI=1S/C45H28N4O/c1-4-14-29(15-5-1)32-26-27-35-40(28-32)50-39-25-13-22-36(42(35)39)44-46-43(31-18-8-3-9-19-31)47-45(48-44)49-37-23-11-10-20-34(37)41-33(21-12-24-38(41)49)30-16-6-2-7-17-30/h1-28H. The number of fused-ring (bicyclic) bond motifs is 6. The number of benzene rings is 7. The zero-order valence-electron chi connectivity index (χ0n) is 26.9. The van der Waals surface area contributed by atoms with E-state index in [2.05, 4.69) is 126 Å². The number of rotatable bonds is 5. The molecule has 10 rings (SSSR count). The predicted molar refractivity (Wildman–Crippen MR) is 203 cm³/mol. The third-order valence-electron chi connectivity index (χ3n) is 9.48. The normalized spacial score (nSPS) is 11.6. The van der Waals surface area contributed by atoms with Gasteiger partial charge in [0.15, 0.2) is 11.6 Å². The van der Waals surface area contributed by atoms with E-state index in [1.54, 1.807) is 0 Å². The fourth-order valence-electron chi connectivity index (χ4n) is 7.22. The second-order valence-corrected chi connectivity index (χ2v) is 12.4. The van der Waals surface area contributed by atoms with Gasteiger partial charge in [-0.05, 0) is 52.6 Å². The Morgan fingerprint density at radius 3 is 1.82 bits per heavy atom. The highest BCUT2D eigenvalue weighted by Gasteiger charge is 2.21. The van der Waals surface area contributed by atoms with Gasteiger partial charge in [-0.25, -0.2) is 4.98 Å². The Morgan fingerprint density at radius 1 is 0.380 bits per heavy atom. The molecule has 10 aromatic rings. The van der Waals surface area contributed by atoms with Crippen LogP contribution in [0.1, 0.15) is 0 Å². The molecule has 0 aliphatic heterocycles. The molecule has 0 spiro atoms. The van der Waals surface area contributed by atoms with Crippen LogP contribution in [0.25, 0.3) is 94.7 Å². The van der Waals surface area contributed by atoms with Gasteiger partial charge >= 0.3 is 0 Å².